The van der Waals surface area contributed by atoms with Crippen LogP contribution in [0.25, 0.3) is 11.1 Å². The molecule has 1 N–H and O–H groups in total. The van der Waals surface area contributed by atoms with E-state index in [1.807, 2.05) is 36.4 Å². The second-order valence-corrected chi connectivity index (χ2v) is 7.79. The zero-order chi connectivity index (χ0) is 23.0. The molecule has 2 heterocycles. The lowest BCUT2D eigenvalue weighted by Gasteiger charge is -2.33. The summed E-state index contributed by atoms with van der Waals surface area (Å²) in [6.07, 6.45) is 4.96. The Balaban J connectivity index is 1.63. The van der Waals surface area contributed by atoms with Gasteiger partial charge in [-0.15, -0.1) is 0 Å². The predicted octanol–water partition coefficient (Wildman–Crippen LogP) is 3.61. The zero-order valence-corrected chi connectivity index (χ0v) is 19.8. The van der Waals surface area contributed by atoms with Crippen molar-refractivity contribution >= 4 is 40.6 Å². The molecular formula is C23H22IN5O4. The number of morpholine rings is 1. The molecule has 1 aromatic heterocycles. The van der Waals surface area contributed by atoms with Crippen molar-refractivity contribution in [3.8, 4) is 11.1 Å². The highest BCUT2D eigenvalue weighted by molar-refractivity contribution is 14.1. The number of halogens is 1. The maximum atomic E-state index is 13.5. The zero-order valence-electron chi connectivity index (χ0n) is 17.7. The molecule has 3 aromatic rings. The largest absolute Gasteiger partial charge is 0.378 e. The van der Waals surface area contributed by atoms with Crippen LogP contribution in [0.1, 0.15) is 15.9 Å². The smallest absolute Gasteiger partial charge is 0.324 e. The lowest BCUT2D eigenvalue weighted by molar-refractivity contribution is 0.0548. The van der Waals surface area contributed by atoms with Crippen LogP contribution in [0, 0.1) is 0 Å². The Kier molecular flexibility index (Phi) is 7.81. The van der Waals surface area contributed by atoms with E-state index >= 15 is 0 Å². The van der Waals surface area contributed by atoms with Crippen LogP contribution in [-0.4, -0.2) is 53.1 Å². The molecule has 4 rings (SSSR count). The van der Waals surface area contributed by atoms with E-state index in [-0.39, 0.29) is 11.9 Å². The number of urea groups is 1. The normalized spacial score (nSPS) is 13.4. The highest BCUT2D eigenvalue weighted by atomic mass is 127. The Morgan fingerprint density at radius 2 is 1.79 bits per heavy atom. The van der Waals surface area contributed by atoms with Crippen LogP contribution in [0.3, 0.4) is 0 Å². The third kappa shape index (κ3) is 5.83. The molecule has 0 saturated carbocycles. The van der Waals surface area contributed by atoms with Crippen LogP contribution >= 0.6 is 23.0 Å². The summed E-state index contributed by atoms with van der Waals surface area (Å²) in [4.78, 5) is 37.2. The molecule has 0 radical (unpaired) electrons. The summed E-state index contributed by atoms with van der Waals surface area (Å²) < 4.78 is 10.1. The van der Waals surface area contributed by atoms with E-state index in [2.05, 4.69) is 18.6 Å². The topological polar surface area (TPSA) is 96.9 Å². The van der Waals surface area contributed by atoms with Crippen molar-refractivity contribution in [2.75, 3.05) is 31.2 Å². The third-order valence-electron chi connectivity index (χ3n) is 5.25. The number of hydrogen-bond acceptors (Lipinski definition) is 6. The van der Waals surface area contributed by atoms with Crippen molar-refractivity contribution in [1.29, 1.82) is 0 Å². The fraction of sp³-hybridized carbons (Fsp3) is 0.217. The van der Waals surface area contributed by atoms with Crippen molar-refractivity contribution in [2.45, 2.75) is 6.54 Å². The van der Waals surface area contributed by atoms with E-state index in [1.54, 1.807) is 57.3 Å². The Hall–Kier alpha value is -3.09. The summed E-state index contributed by atoms with van der Waals surface area (Å²) >= 11 is 1.60. The molecule has 0 spiro atoms. The number of benzene rings is 2. The molecule has 1 fully saturated rings. The van der Waals surface area contributed by atoms with Gasteiger partial charge in [0.2, 0.25) is 0 Å². The van der Waals surface area contributed by atoms with Gasteiger partial charge in [-0.2, -0.15) is 0 Å². The molecule has 0 bridgehead atoms. The van der Waals surface area contributed by atoms with Crippen LogP contribution < -0.4 is 10.4 Å². The van der Waals surface area contributed by atoms with Crippen LogP contribution in [0.4, 0.5) is 10.5 Å². The predicted molar refractivity (Wildman–Crippen MR) is 130 cm³/mol. The van der Waals surface area contributed by atoms with E-state index < -0.39 is 0 Å². The molecule has 3 amide bonds. The summed E-state index contributed by atoms with van der Waals surface area (Å²) in [5.74, 6) is -0.338. The molecule has 1 saturated heterocycles. The number of rotatable bonds is 6. The fourth-order valence-electron chi connectivity index (χ4n) is 3.53. The highest BCUT2D eigenvalue weighted by Crippen LogP contribution is 2.26. The number of hydroxylamine groups is 1. The van der Waals surface area contributed by atoms with Gasteiger partial charge in [0.05, 0.1) is 19.8 Å². The van der Waals surface area contributed by atoms with E-state index in [9.17, 15) is 9.59 Å². The standard InChI is InChI=1S/C23H22IN5O4/c24-33-27-22(30)18-6-4-17(5-7-18)15-29(23(31)28-8-10-32-11-9-28)21-3-1-2-19(12-21)20-13-25-16-26-14-20/h1-7,12-14,16H,8-11,15H2,(H,27,30). The number of carbonyl (C=O) groups excluding carboxylic acids is 2. The van der Waals surface area contributed by atoms with Gasteiger partial charge in [0, 0.05) is 42.3 Å². The van der Waals surface area contributed by atoms with Gasteiger partial charge in [-0.1, -0.05) is 24.3 Å². The van der Waals surface area contributed by atoms with E-state index in [1.165, 1.54) is 6.33 Å². The van der Waals surface area contributed by atoms with Crippen molar-refractivity contribution in [1.82, 2.24) is 20.3 Å². The van der Waals surface area contributed by atoms with Gasteiger partial charge in [0.1, 0.15) is 29.3 Å². The van der Waals surface area contributed by atoms with Gasteiger partial charge in [-0.05, 0) is 35.4 Å². The number of aromatic nitrogens is 2. The Morgan fingerprint density at radius 3 is 2.48 bits per heavy atom. The summed E-state index contributed by atoms with van der Waals surface area (Å²) in [6.45, 7) is 2.46. The summed E-state index contributed by atoms with van der Waals surface area (Å²) in [7, 11) is 0. The van der Waals surface area contributed by atoms with Crippen molar-refractivity contribution < 1.29 is 17.5 Å². The monoisotopic (exact) mass is 559 g/mol. The maximum Gasteiger partial charge on any atom is 0.324 e. The Morgan fingerprint density at radius 1 is 1.06 bits per heavy atom. The fourth-order valence-corrected chi connectivity index (χ4v) is 3.73. The molecule has 10 heteroatoms. The van der Waals surface area contributed by atoms with E-state index in [4.69, 9.17) is 4.74 Å². The SMILES string of the molecule is O=C(NOI)c1ccc(CN(C(=O)N2CCOCC2)c2cccc(-c3cncnc3)c2)cc1. The van der Waals surface area contributed by atoms with Crippen LogP contribution in [0.2, 0.25) is 0 Å². The molecule has 1 aliphatic rings. The number of amides is 3. The maximum absolute atomic E-state index is 13.5. The first-order valence-corrected chi connectivity index (χ1v) is 11.2. The van der Waals surface area contributed by atoms with Crippen molar-refractivity contribution in [3.63, 3.8) is 0 Å². The van der Waals surface area contributed by atoms with Crippen LogP contribution in [0.15, 0.2) is 67.3 Å². The molecule has 0 aliphatic carbocycles. The average Bonchev–Trinajstić information content (AvgIpc) is 2.88. The van der Waals surface area contributed by atoms with Gasteiger partial charge in [-0.3, -0.25) is 9.69 Å². The Labute approximate surface area is 205 Å². The molecule has 9 nitrogen and oxygen atoms in total. The first-order valence-electron chi connectivity index (χ1n) is 10.3. The highest BCUT2D eigenvalue weighted by Gasteiger charge is 2.25. The van der Waals surface area contributed by atoms with Crippen LogP contribution in [-0.2, 0) is 14.4 Å². The minimum atomic E-state index is -0.338. The van der Waals surface area contributed by atoms with Crippen molar-refractivity contribution in [3.05, 3.63) is 78.4 Å². The van der Waals surface area contributed by atoms with Gasteiger partial charge >= 0.3 is 6.03 Å². The third-order valence-corrected chi connectivity index (χ3v) is 5.47. The van der Waals surface area contributed by atoms with E-state index in [0.29, 0.717) is 38.4 Å². The van der Waals surface area contributed by atoms with E-state index in [0.717, 1.165) is 22.4 Å². The lowest BCUT2D eigenvalue weighted by atomic mass is 10.1. The lowest BCUT2D eigenvalue weighted by Crippen LogP contribution is -2.48. The minimum absolute atomic E-state index is 0.0973. The number of hydrogen-bond donors (Lipinski definition) is 1. The van der Waals surface area contributed by atoms with Gasteiger partial charge in [0.25, 0.3) is 5.91 Å². The average molecular weight is 559 g/mol. The number of ether oxygens (including phenoxy) is 1. The minimum Gasteiger partial charge on any atom is -0.378 e. The van der Waals surface area contributed by atoms with Crippen LogP contribution in [0.5, 0.6) is 0 Å². The second kappa shape index (κ2) is 11.2. The van der Waals surface area contributed by atoms with Crippen molar-refractivity contribution in [2.24, 2.45) is 0 Å². The first-order chi connectivity index (χ1) is 16.2. The first kappa shape index (κ1) is 23.1. The molecular weight excluding hydrogens is 537 g/mol. The summed E-state index contributed by atoms with van der Waals surface area (Å²) in [5.41, 5.74) is 6.18. The van der Waals surface area contributed by atoms with Gasteiger partial charge in [0.15, 0.2) is 0 Å². The molecule has 0 atom stereocenters. The number of anilines is 1. The number of carbonyl (C=O) groups is 2. The molecule has 170 valence electrons. The number of nitrogens with zero attached hydrogens (tertiary/aromatic N) is 4. The molecule has 0 unspecified atom stereocenters. The summed E-state index contributed by atoms with van der Waals surface area (Å²) in [6, 6.07) is 14.7. The molecule has 1 aliphatic heterocycles. The number of nitrogens with one attached hydrogen (secondary N) is 1. The second-order valence-electron chi connectivity index (χ2n) is 7.35. The quantitative estimate of drug-likeness (QED) is 0.366. The molecule has 2 aromatic carbocycles. The summed E-state index contributed by atoms with van der Waals surface area (Å²) in [5, 5.41) is 0. The van der Waals surface area contributed by atoms with Gasteiger partial charge < -0.3 is 9.64 Å². The molecule has 33 heavy (non-hydrogen) atoms. The van der Waals surface area contributed by atoms with Gasteiger partial charge in [-0.25, -0.2) is 23.4 Å². The Bertz CT molecular complexity index is 1090.